The normalized spacial score (nSPS) is 9.76. The van der Waals surface area contributed by atoms with E-state index in [4.69, 9.17) is 5.73 Å². The highest BCUT2D eigenvalue weighted by atomic mass is 19.1. The number of rotatable bonds is 1. The Morgan fingerprint density at radius 3 is 3.00 bits per heavy atom. The Bertz CT molecular complexity index is 647. The molecule has 0 aliphatic rings. The fraction of sp³-hybridized carbons (Fsp3) is 0.0909. The van der Waals surface area contributed by atoms with Crippen molar-refractivity contribution in [2.75, 3.05) is 6.54 Å². The van der Waals surface area contributed by atoms with Gasteiger partial charge < -0.3 is 5.73 Å². The summed E-state index contributed by atoms with van der Waals surface area (Å²) in [5.74, 6) is 4.71. The predicted octanol–water partition coefficient (Wildman–Crippen LogP) is 0.00990. The van der Waals surface area contributed by atoms with Gasteiger partial charge in [-0.25, -0.2) is 18.9 Å². The predicted molar refractivity (Wildman–Crippen MR) is 60.1 cm³/mol. The molecule has 2 aromatic rings. The Morgan fingerprint density at radius 1 is 1.53 bits per heavy atom. The molecule has 5 nitrogen and oxygen atoms in total. The van der Waals surface area contributed by atoms with Gasteiger partial charge in [-0.1, -0.05) is 11.8 Å². The molecule has 0 saturated heterocycles. The maximum absolute atomic E-state index is 13.4. The van der Waals surface area contributed by atoms with Gasteiger partial charge in [0.05, 0.1) is 17.8 Å². The minimum absolute atomic E-state index is 0.148. The first-order chi connectivity index (χ1) is 8.22. The van der Waals surface area contributed by atoms with Crippen LogP contribution in [0.1, 0.15) is 5.56 Å². The fourth-order valence-electron chi connectivity index (χ4n) is 1.34. The molecule has 3 N–H and O–H groups in total. The molecule has 0 radical (unpaired) electrons. The van der Waals surface area contributed by atoms with E-state index < -0.39 is 11.5 Å². The van der Waals surface area contributed by atoms with Gasteiger partial charge in [-0.05, 0) is 18.2 Å². The zero-order valence-corrected chi connectivity index (χ0v) is 8.77. The van der Waals surface area contributed by atoms with Crippen LogP contribution in [0.3, 0.4) is 0 Å². The number of aromatic nitrogens is 3. The summed E-state index contributed by atoms with van der Waals surface area (Å²) in [7, 11) is 0. The molecule has 0 bridgehead atoms. The van der Waals surface area contributed by atoms with Gasteiger partial charge in [-0.2, -0.15) is 5.10 Å². The van der Waals surface area contributed by atoms with Crippen LogP contribution in [-0.4, -0.2) is 21.3 Å². The molecule has 1 heterocycles. The van der Waals surface area contributed by atoms with Gasteiger partial charge in [-0.3, -0.25) is 0 Å². The molecule has 17 heavy (non-hydrogen) atoms. The Hall–Kier alpha value is -2.39. The second-order valence-corrected chi connectivity index (χ2v) is 3.20. The number of H-pyrrole nitrogens is 1. The first kappa shape index (κ1) is 11.1. The third kappa shape index (κ3) is 2.24. The Labute approximate surface area is 96.1 Å². The molecule has 0 amide bonds. The van der Waals surface area contributed by atoms with E-state index in [0.717, 1.165) is 0 Å². The van der Waals surface area contributed by atoms with Crippen molar-refractivity contribution in [3.63, 3.8) is 0 Å². The molecule has 1 aromatic heterocycles. The Balaban J connectivity index is 2.52. The highest BCUT2D eigenvalue weighted by Gasteiger charge is 2.05. The zero-order valence-electron chi connectivity index (χ0n) is 8.77. The summed E-state index contributed by atoms with van der Waals surface area (Å²) in [6.07, 6.45) is 1.32. The molecule has 0 aliphatic carbocycles. The SMILES string of the molecule is NCC#Cc1cc(-n2cn[nH]c2=O)ccc1F. The van der Waals surface area contributed by atoms with Crippen LogP contribution < -0.4 is 11.4 Å². The van der Waals surface area contributed by atoms with Crippen molar-refractivity contribution in [1.29, 1.82) is 0 Å². The van der Waals surface area contributed by atoms with Crippen molar-refractivity contribution < 1.29 is 4.39 Å². The van der Waals surface area contributed by atoms with Crippen LogP contribution >= 0.6 is 0 Å². The fourth-order valence-corrected chi connectivity index (χ4v) is 1.34. The first-order valence-electron chi connectivity index (χ1n) is 4.83. The van der Waals surface area contributed by atoms with Crippen molar-refractivity contribution in [3.8, 4) is 17.5 Å². The smallest absolute Gasteiger partial charge is 0.320 e. The van der Waals surface area contributed by atoms with Crippen LogP contribution in [0.25, 0.3) is 5.69 Å². The highest BCUT2D eigenvalue weighted by molar-refractivity contribution is 5.44. The molecule has 0 aliphatic heterocycles. The topological polar surface area (TPSA) is 76.7 Å². The molecule has 2 rings (SSSR count). The molecule has 0 saturated carbocycles. The number of nitrogens with one attached hydrogen (secondary N) is 1. The van der Waals surface area contributed by atoms with Gasteiger partial charge in [0.15, 0.2) is 0 Å². The van der Waals surface area contributed by atoms with E-state index in [2.05, 4.69) is 22.0 Å². The quantitative estimate of drug-likeness (QED) is 0.680. The van der Waals surface area contributed by atoms with Crippen molar-refractivity contribution in [3.05, 3.63) is 46.4 Å². The molecule has 0 fully saturated rings. The van der Waals surface area contributed by atoms with E-state index in [-0.39, 0.29) is 12.1 Å². The van der Waals surface area contributed by atoms with Crippen LogP contribution in [0, 0.1) is 17.7 Å². The average molecular weight is 232 g/mol. The minimum atomic E-state index is -0.453. The zero-order chi connectivity index (χ0) is 12.3. The van der Waals surface area contributed by atoms with Crippen molar-refractivity contribution in [1.82, 2.24) is 14.8 Å². The first-order valence-corrected chi connectivity index (χ1v) is 4.83. The third-order valence-corrected chi connectivity index (χ3v) is 2.11. The van der Waals surface area contributed by atoms with E-state index in [0.29, 0.717) is 5.69 Å². The number of halogens is 1. The maximum Gasteiger partial charge on any atom is 0.347 e. The summed E-state index contributed by atoms with van der Waals surface area (Å²) in [4.78, 5) is 11.3. The molecule has 0 unspecified atom stereocenters. The van der Waals surface area contributed by atoms with Crippen molar-refractivity contribution >= 4 is 0 Å². The summed E-state index contributed by atoms with van der Waals surface area (Å²) in [6.45, 7) is 0.148. The lowest BCUT2D eigenvalue weighted by Gasteiger charge is -2.01. The van der Waals surface area contributed by atoms with Crippen molar-refractivity contribution in [2.24, 2.45) is 5.73 Å². The van der Waals surface area contributed by atoms with Gasteiger partial charge >= 0.3 is 5.69 Å². The van der Waals surface area contributed by atoms with Gasteiger partial charge in [0.2, 0.25) is 0 Å². The summed E-state index contributed by atoms with van der Waals surface area (Å²) in [6, 6.07) is 4.18. The number of nitrogens with zero attached hydrogens (tertiary/aromatic N) is 2. The average Bonchev–Trinajstić information content (AvgIpc) is 2.75. The molecular weight excluding hydrogens is 223 g/mol. The monoisotopic (exact) mass is 232 g/mol. The molecule has 0 atom stereocenters. The van der Waals surface area contributed by atoms with E-state index in [9.17, 15) is 9.18 Å². The second-order valence-electron chi connectivity index (χ2n) is 3.20. The molecule has 0 spiro atoms. The summed E-state index contributed by atoms with van der Waals surface area (Å²) in [5.41, 5.74) is 5.51. The lowest BCUT2D eigenvalue weighted by molar-refractivity contribution is 0.624. The number of benzene rings is 1. The standard InChI is InChI=1S/C11H9FN4O/c12-10-4-3-9(6-8(10)2-1-5-13)16-7-14-15-11(16)17/h3-4,6-7H,5,13H2,(H,15,17). The minimum Gasteiger partial charge on any atom is -0.320 e. The maximum atomic E-state index is 13.4. The number of nitrogens with two attached hydrogens (primary N) is 1. The van der Waals surface area contributed by atoms with Gasteiger partial charge in [-0.15, -0.1) is 0 Å². The van der Waals surface area contributed by atoms with Crippen molar-refractivity contribution in [2.45, 2.75) is 0 Å². The van der Waals surface area contributed by atoms with E-state index in [1.807, 2.05) is 0 Å². The molecular formula is C11H9FN4O. The lowest BCUT2D eigenvalue weighted by Crippen LogP contribution is -2.14. The largest absolute Gasteiger partial charge is 0.347 e. The number of aromatic amines is 1. The van der Waals surface area contributed by atoms with E-state index in [1.165, 1.54) is 29.1 Å². The van der Waals surface area contributed by atoms with E-state index in [1.54, 1.807) is 0 Å². The third-order valence-electron chi connectivity index (χ3n) is 2.11. The number of hydrogen-bond donors (Lipinski definition) is 2. The molecule has 6 heteroatoms. The number of hydrogen-bond acceptors (Lipinski definition) is 3. The van der Waals surface area contributed by atoms with Crippen LogP contribution in [0.5, 0.6) is 0 Å². The van der Waals surface area contributed by atoms with Gasteiger partial charge in [0.1, 0.15) is 12.1 Å². The van der Waals surface area contributed by atoms with Crippen LogP contribution in [0.2, 0.25) is 0 Å². The highest BCUT2D eigenvalue weighted by Crippen LogP contribution is 2.11. The van der Waals surface area contributed by atoms with Crippen LogP contribution in [-0.2, 0) is 0 Å². The van der Waals surface area contributed by atoms with Gasteiger partial charge in [0.25, 0.3) is 0 Å². The lowest BCUT2D eigenvalue weighted by atomic mass is 10.2. The Kier molecular flexibility index (Phi) is 3.03. The second kappa shape index (κ2) is 4.63. The summed E-state index contributed by atoms with van der Waals surface area (Å²) < 4.78 is 14.6. The van der Waals surface area contributed by atoms with Crippen LogP contribution in [0.4, 0.5) is 4.39 Å². The van der Waals surface area contributed by atoms with Crippen LogP contribution in [0.15, 0.2) is 29.3 Å². The Morgan fingerprint density at radius 2 is 2.35 bits per heavy atom. The molecule has 86 valence electrons. The summed E-state index contributed by atoms with van der Waals surface area (Å²) in [5, 5.41) is 5.84. The van der Waals surface area contributed by atoms with Gasteiger partial charge in [0, 0.05) is 0 Å². The van der Waals surface area contributed by atoms with E-state index >= 15 is 0 Å². The summed E-state index contributed by atoms with van der Waals surface area (Å²) >= 11 is 0. The molecule has 1 aromatic carbocycles.